The average Bonchev–Trinajstić information content (AvgIpc) is 3.25. The molecule has 1 saturated heterocycles. The summed E-state index contributed by atoms with van der Waals surface area (Å²) in [6, 6.07) is 0.234. The van der Waals surface area contributed by atoms with E-state index in [1.165, 1.54) is 12.8 Å². The van der Waals surface area contributed by atoms with Crippen molar-refractivity contribution in [3.8, 4) is 0 Å². The van der Waals surface area contributed by atoms with Crippen molar-refractivity contribution in [1.29, 1.82) is 0 Å². The first-order valence-electron chi connectivity index (χ1n) is 10.6. The first-order valence-corrected chi connectivity index (χ1v) is 10.6. The van der Waals surface area contributed by atoms with Crippen molar-refractivity contribution in [1.82, 2.24) is 24.4 Å². The number of aliphatic hydroxyl groups is 1. The molecule has 4 rings (SSSR count). The fourth-order valence-electron chi connectivity index (χ4n) is 5.09. The monoisotopic (exact) mass is 386 g/mol. The molecule has 1 saturated carbocycles. The zero-order valence-corrected chi connectivity index (χ0v) is 17.7. The summed E-state index contributed by atoms with van der Waals surface area (Å²) in [6.45, 7) is 7.68. The normalized spacial score (nSPS) is 27.8. The molecule has 2 aromatic rings. The van der Waals surface area contributed by atoms with E-state index in [9.17, 15) is 5.11 Å². The maximum absolute atomic E-state index is 10.4. The fraction of sp³-hybridized carbons (Fsp3) is 0.762. The Morgan fingerprint density at radius 1 is 1.21 bits per heavy atom. The average molecular weight is 387 g/mol. The third-order valence-corrected chi connectivity index (χ3v) is 6.42. The lowest BCUT2D eigenvalue weighted by Gasteiger charge is -2.38. The summed E-state index contributed by atoms with van der Waals surface area (Å²) < 4.78 is 2.17. The van der Waals surface area contributed by atoms with Crippen molar-refractivity contribution in [3.05, 3.63) is 12.7 Å². The van der Waals surface area contributed by atoms with Gasteiger partial charge in [-0.25, -0.2) is 15.0 Å². The Labute approximate surface area is 167 Å². The molecule has 7 heteroatoms. The van der Waals surface area contributed by atoms with Gasteiger partial charge in [0, 0.05) is 19.1 Å². The quantitative estimate of drug-likeness (QED) is 0.852. The fourth-order valence-corrected chi connectivity index (χ4v) is 5.09. The summed E-state index contributed by atoms with van der Waals surface area (Å²) in [5, 5.41) is 10.4. The zero-order valence-electron chi connectivity index (χ0n) is 17.7. The van der Waals surface area contributed by atoms with Crippen LogP contribution in [0.3, 0.4) is 0 Å². The second kappa shape index (κ2) is 7.59. The van der Waals surface area contributed by atoms with Crippen molar-refractivity contribution in [2.75, 3.05) is 38.6 Å². The third-order valence-electron chi connectivity index (χ3n) is 6.42. The molecule has 3 heterocycles. The third kappa shape index (κ3) is 4.01. The molecule has 0 spiro atoms. The largest absolute Gasteiger partial charge is 0.393 e. The highest BCUT2D eigenvalue weighted by Gasteiger charge is 2.35. The van der Waals surface area contributed by atoms with Gasteiger partial charge in [0.1, 0.15) is 6.33 Å². The summed E-state index contributed by atoms with van der Waals surface area (Å²) >= 11 is 0. The Bertz CT molecular complexity index is 816. The van der Waals surface area contributed by atoms with E-state index in [0.717, 1.165) is 55.9 Å². The maximum atomic E-state index is 10.4. The zero-order chi connectivity index (χ0) is 19.9. The standard InChI is InChI=1S/C21H34N6O/c1-21(2)10-16(9-17(28)11-21)27-14-24-18-19(22-13-23-20(18)27)26-8-6-15(12-26)5-7-25(3)4/h13-17,28H,5-12H2,1-4H3/t15?,16-,17+/m1/s1. The lowest BCUT2D eigenvalue weighted by Crippen LogP contribution is -2.33. The molecule has 2 aromatic heterocycles. The summed E-state index contributed by atoms with van der Waals surface area (Å²) in [4.78, 5) is 18.5. The minimum atomic E-state index is -0.261. The molecular formula is C21H34N6O. The van der Waals surface area contributed by atoms with E-state index in [1.54, 1.807) is 6.33 Å². The van der Waals surface area contributed by atoms with Crippen molar-refractivity contribution in [2.24, 2.45) is 11.3 Å². The molecular weight excluding hydrogens is 352 g/mol. The van der Waals surface area contributed by atoms with Crippen LogP contribution < -0.4 is 4.90 Å². The van der Waals surface area contributed by atoms with E-state index in [0.29, 0.717) is 5.92 Å². The number of nitrogens with zero attached hydrogens (tertiary/aromatic N) is 6. The van der Waals surface area contributed by atoms with E-state index in [2.05, 4.69) is 52.3 Å². The van der Waals surface area contributed by atoms with E-state index >= 15 is 0 Å². The van der Waals surface area contributed by atoms with Gasteiger partial charge in [-0.05, 0) is 64.1 Å². The predicted octanol–water partition coefficient (Wildman–Crippen LogP) is 2.72. The number of imidazole rings is 1. The molecule has 0 amide bonds. The van der Waals surface area contributed by atoms with Gasteiger partial charge in [0.05, 0.1) is 12.4 Å². The van der Waals surface area contributed by atoms with Gasteiger partial charge in [0.25, 0.3) is 0 Å². The highest BCUT2D eigenvalue weighted by molar-refractivity contribution is 5.83. The lowest BCUT2D eigenvalue weighted by molar-refractivity contribution is 0.0387. The Balaban J connectivity index is 1.56. The van der Waals surface area contributed by atoms with Crippen molar-refractivity contribution in [2.45, 2.75) is 58.1 Å². The second-order valence-electron chi connectivity index (χ2n) is 9.83. The van der Waals surface area contributed by atoms with Crippen LogP contribution in [0, 0.1) is 11.3 Å². The molecule has 1 unspecified atom stereocenters. The first-order chi connectivity index (χ1) is 13.3. The van der Waals surface area contributed by atoms with Crippen LogP contribution in [-0.2, 0) is 0 Å². The van der Waals surface area contributed by atoms with E-state index in [-0.39, 0.29) is 17.6 Å². The summed E-state index contributed by atoms with van der Waals surface area (Å²) in [7, 11) is 4.27. The Morgan fingerprint density at radius 2 is 2.04 bits per heavy atom. The molecule has 1 N–H and O–H groups in total. The Hall–Kier alpha value is -1.73. The molecule has 3 atom stereocenters. The number of hydrogen-bond donors (Lipinski definition) is 1. The molecule has 7 nitrogen and oxygen atoms in total. The van der Waals surface area contributed by atoms with Gasteiger partial charge in [0.2, 0.25) is 0 Å². The van der Waals surface area contributed by atoms with Crippen LogP contribution >= 0.6 is 0 Å². The van der Waals surface area contributed by atoms with Crippen LogP contribution in [0.2, 0.25) is 0 Å². The van der Waals surface area contributed by atoms with Gasteiger partial charge in [-0.3, -0.25) is 0 Å². The number of aliphatic hydroxyl groups excluding tert-OH is 1. The molecule has 2 fully saturated rings. The van der Waals surface area contributed by atoms with Gasteiger partial charge in [-0.1, -0.05) is 13.8 Å². The number of hydrogen-bond acceptors (Lipinski definition) is 6. The molecule has 28 heavy (non-hydrogen) atoms. The topological polar surface area (TPSA) is 70.3 Å². The van der Waals surface area contributed by atoms with Crippen LogP contribution in [0.25, 0.3) is 11.2 Å². The minimum absolute atomic E-state index is 0.128. The smallest absolute Gasteiger partial charge is 0.165 e. The summed E-state index contributed by atoms with van der Waals surface area (Å²) in [6.07, 6.45) is 8.41. The number of fused-ring (bicyclic) bond motifs is 1. The Kier molecular flexibility index (Phi) is 5.31. The number of anilines is 1. The van der Waals surface area contributed by atoms with Crippen molar-refractivity contribution < 1.29 is 5.11 Å². The lowest BCUT2D eigenvalue weighted by atomic mass is 9.73. The van der Waals surface area contributed by atoms with Gasteiger partial charge in [0.15, 0.2) is 17.0 Å². The molecule has 0 aromatic carbocycles. The molecule has 2 aliphatic rings. The van der Waals surface area contributed by atoms with Gasteiger partial charge in [-0.2, -0.15) is 0 Å². The van der Waals surface area contributed by atoms with Crippen molar-refractivity contribution in [3.63, 3.8) is 0 Å². The van der Waals surface area contributed by atoms with Gasteiger partial charge >= 0.3 is 0 Å². The van der Waals surface area contributed by atoms with Crippen LogP contribution in [0.15, 0.2) is 12.7 Å². The van der Waals surface area contributed by atoms with Crippen LogP contribution in [-0.4, -0.2) is 69.4 Å². The van der Waals surface area contributed by atoms with E-state index < -0.39 is 0 Å². The highest BCUT2D eigenvalue weighted by Crippen LogP contribution is 2.42. The number of rotatable bonds is 5. The van der Waals surface area contributed by atoms with Crippen LogP contribution in [0.4, 0.5) is 5.82 Å². The van der Waals surface area contributed by atoms with E-state index in [1.807, 2.05) is 6.33 Å². The molecule has 154 valence electrons. The SMILES string of the molecule is CN(C)CCC1CCN(c2ncnc3c2ncn3[C@@H]2C[C@H](O)CC(C)(C)C2)C1. The predicted molar refractivity (Wildman–Crippen MR) is 111 cm³/mol. The molecule has 0 radical (unpaired) electrons. The summed E-state index contributed by atoms with van der Waals surface area (Å²) in [5.41, 5.74) is 1.92. The highest BCUT2D eigenvalue weighted by atomic mass is 16.3. The van der Waals surface area contributed by atoms with E-state index in [4.69, 9.17) is 4.98 Å². The number of aromatic nitrogens is 4. The summed E-state index contributed by atoms with van der Waals surface area (Å²) in [5.74, 6) is 1.68. The van der Waals surface area contributed by atoms with Gasteiger partial charge in [-0.15, -0.1) is 0 Å². The first kappa shape index (κ1) is 19.6. The molecule has 1 aliphatic carbocycles. The van der Waals surface area contributed by atoms with Crippen molar-refractivity contribution >= 4 is 17.0 Å². The molecule has 0 bridgehead atoms. The maximum Gasteiger partial charge on any atom is 0.165 e. The van der Waals surface area contributed by atoms with Crippen LogP contribution in [0.5, 0.6) is 0 Å². The second-order valence-corrected chi connectivity index (χ2v) is 9.83. The molecule has 1 aliphatic heterocycles. The Morgan fingerprint density at radius 3 is 2.79 bits per heavy atom. The van der Waals surface area contributed by atoms with Crippen LogP contribution in [0.1, 0.15) is 52.0 Å². The van der Waals surface area contributed by atoms with Gasteiger partial charge < -0.3 is 19.5 Å². The minimum Gasteiger partial charge on any atom is -0.393 e.